The van der Waals surface area contributed by atoms with Crippen LogP contribution in [0, 0.1) is 0 Å². The van der Waals surface area contributed by atoms with E-state index in [1.807, 2.05) is 31.4 Å². The van der Waals surface area contributed by atoms with Crippen molar-refractivity contribution in [1.29, 1.82) is 0 Å². The van der Waals surface area contributed by atoms with Crippen LogP contribution < -0.4 is 4.74 Å². The number of nitrogens with zero attached hydrogens (tertiary/aromatic N) is 3. The lowest BCUT2D eigenvalue weighted by atomic mass is 10.3. The van der Waals surface area contributed by atoms with E-state index in [2.05, 4.69) is 5.10 Å². The number of ether oxygens (including phenoxy) is 1. The molecule has 18 heavy (non-hydrogen) atoms. The molecule has 1 aromatic carbocycles. The Labute approximate surface area is 106 Å². The molecule has 0 saturated carbocycles. The minimum Gasteiger partial charge on any atom is -0.410 e. The monoisotopic (exact) mass is 245 g/mol. The van der Waals surface area contributed by atoms with E-state index in [0.717, 1.165) is 5.56 Å². The molecule has 94 valence electrons. The van der Waals surface area contributed by atoms with Crippen LogP contribution in [0.2, 0.25) is 0 Å². The summed E-state index contributed by atoms with van der Waals surface area (Å²) in [5.41, 5.74) is 0.963. The third-order valence-corrected chi connectivity index (χ3v) is 2.44. The predicted molar refractivity (Wildman–Crippen MR) is 67.1 cm³/mol. The number of benzene rings is 1. The summed E-state index contributed by atoms with van der Waals surface area (Å²) in [7, 11) is 3.53. The smallest absolute Gasteiger partial charge is 0.410 e. The van der Waals surface area contributed by atoms with Gasteiger partial charge in [0, 0.05) is 25.9 Å². The second-order valence-corrected chi connectivity index (χ2v) is 4.06. The number of aromatic nitrogens is 2. The molecule has 0 fully saturated rings. The van der Waals surface area contributed by atoms with Gasteiger partial charge in [-0.2, -0.15) is 5.10 Å². The first-order valence-corrected chi connectivity index (χ1v) is 5.60. The minimum absolute atomic E-state index is 0.384. The number of rotatable bonds is 3. The average molecular weight is 245 g/mol. The predicted octanol–water partition coefficient (Wildman–Crippen LogP) is 2.05. The molecule has 0 N–H and O–H groups in total. The molecule has 0 radical (unpaired) electrons. The molecule has 2 rings (SSSR count). The van der Waals surface area contributed by atoms with Crippen molar-refractivity contribution in [2.45, 2.75) is 6.54 Å². The first-order valence-electron chi connectivity index (χ1n) is 5.60. The molecule has 0 unspecified atom stereocenters. The summed E-state index contributed by atoms with van der Waals surface area (Å²) in [6.07, 6.45) is 3.21. The lowest BCUT2D eigenvalue weighted by Crippen LogP contribution is -2.29. The Morgan fingerprint density at radius 1 is 1.39 bits per heavy atom. The molecular weight excluding hydrogens is 230 g/mol. The number of aryl methyl sites for hydroxylation is 1. The van der Waals surface area contributed by atoms with Crippen LogP contribution in [0.1, 0.15) is 5.56 Å². The van der Waals surface area contributed by atoms with Crippen LogP contribution in [0.25, 0.3) is 0 Å². The van der Waals surface area contributed by atoms with Crippen molar-refractivity contribution in [2.24, 2.45) is 7.05 Å². The van der Waals surface area contributed by atoms with Gasteiger partial charge in [-0.1, -0.05) is 18.2 Å². The number of carbonyl (C=O) groups is 1. The summed E-state index contributed by atoms with van der Waals surface area (Å²) in [6, 6.07) is 9.01. The molecule has 0 aliphatic carbocycles. The van der Waals surface area contributed by atoms with E-state index in [4.69, 9.17) is 4.74 Å². The normalized spacial score (nSPS) is 10.1. The second kappa shape index (κ2) is 5.35. The van der Waals surface area contributed by atoms with Gasteiger partial charge in [-0.15, -0.1) is 0 Å². The summed E-state index contributed by atoms with van der Waals surface area (Å²) < 4.78 is 6.92. The fourth-order valence-electron chi connectivity index (χ4n) is 1.56. The Bertz CT molecular complexity index is 522. The average Bonchev–Trinajstić information content (AvgIpc) is 2.76. The molecule has 2 aromatic rings. The summed E-state index contributed by atoms with van der Waals surface area (Å²) in [4.78, 5) is 13.3. The van der Waals surface area contributed by atoms with Crippen LogP contribution >= 0.6 is 0 Å². The first kappa shape index (κ1) is 12.2. The Hall–Kier alpha value is -2.30. The van der Waals surface area contributed by atoms with Crippen molar-refractivity contribution in [1.82, 2.24) is 14.7 Å². The fourth-order valence-corrected chi connectivity index (χ4v) is 1.56. The van der Waals surface area contributed by atoms with Gasteiger partial charge < -0.3 is 9.64 Å². The topological polar surface area (TPSA) is 47.4 Å². The Kier molecular flexibility index (Phi) is 3.62. The molecule has 0 atom stereocenters. The summed E-state index contributed by atoms with van der Waals surface area (Å²) in [5.74, 6) is 0.542. The number of hydrogen-bond donors (Lipinski definition) is 0. The summed E-state index contributed by atoms with van der Waals surface area (Å²) >= 11 is 0. The highest BCUT2D eigenvalue weighted by molar-refractivity contribution is 5.70. The van der Waals surface area contributed by atoms with Crippen molar-refractivity contribution < 1.29 is 9.53 Å². The number of para-hydroxylation sites is 1. The molecule has 0 saturated heterocycles. The zero-order valence-corrected chi connectivity index (χ0v) is 10.4. The number of carbonyl (C=O) groups excluding carboxylic acids is 1. The third-order valence-electron chi connectivity index (χ3n) is 2.44. The fraction of sp³-hybridized carbons (Fsp3) is 0.231. The van der Waals surface area contributed by atoms with E-state index >= 15 is 0 Å². The highest BCUT2D eigenvalue weighted by Crippen LogP contribution is 2.10. The van der Waals surface area contributed by atoms with Gasteiger partial charge in [0.05, 0.1) is 12.7 Å². The van der Waals surface area contributed by atoms with Gasteiger partial charge in [0.1, 0.15) is 5.75 Å². The third kappa shape index (κ3) is 3.10. The zero-order valence-electron chi connectivity index (χ0n) is 10.4. The standard InChI is InChI=1S/C13H15N3O2/c1-15(9-11-8-14-16(2)10-11)13(17)18-12-6-4-3-5-7-12/h3-8,10H,9H2,1-2H3. The Balaban J connectivity index is 1.93. The molecule has 5 nitrogen and oxygen atoms in total. The van der Waals surface area contributed by atoms with E-state index < -0.39 is 0 Å². The Morgan fingerprint density at radius 2 is 2.11 bits per heavy atom. The molecule has 1 heterocycles. The van der Waals surface area contributed by atoms with Crippen molar-refractivity contribution in [2.75, 3.05) is 7.05 Å². The van der Waals surface area contributed by atoms with Gasteiger partial charge in [-0.25, -0.2) is 4.79 Å². The summed E-state index contributed by atoms with van der Waals surface area (Å²) in [5, 5.41) is 4.05. The van der Waals surface area contributed by atoms with Crippen LogP contribution in [0.5, 0.6) is 5.75 Å². The van der Waals surface area contributed by atoms with E-state index in [9.17, 15) is 4.79 Å². The SMILES string of the molecule is CN(Cc1cnn(C)c1)C(=O)Oc1ccccc1. The lowest BCUT2D eigenvalue weighted by Gasteiger charge is -2.15. The van der Waals surface area contributed by atoms with Crippen LogP contribution in [-0.2, 0) is 13.6 Å². The molecule has 0 spiro atoms. The zero-order chi connectivity index (χ0) is 13.0. The molecule has 0 aliphatic heterocycles. The Morgan fingerprint density at radius 3 is 2.72 bits per heavy atom. The van der Waals surface area contributed by atoms with E-state index in [1.165, 1.54) is 4.90 Å². The lowest BCUT2D eigenvalue weighted by molar-refractivity contribution is 0.161. The molecule has 1 amide bonds. The molecule has 5 heteroatoms. The summed E-state index contributed by atoms with van der Waals surface area (Å²) in [6.45, 7) is 0.472. The van der Waals surface area contributed by atoms with Crippen LogP contribution in [0.15, 0.2) is 42.7 Å². The number of hydrogen-bond acceptors (Lipinski definition) is 3. The maximum atomic E-state index is 11.8. The van der Waals surface area contributed by atoms with E-state index in [0.29, 0.717) is 12.3 Å². The van der Waals surface area contributed by atoms with Crippen LogP contribution in [0.3, 0.4) is 0 Å². The van der Waals surface area contributed by atoms with Crippen LogP contribution in [-0.4, -0.2) is 27.8 Å². The first-order chi connectivity index (χ1) is 8.65. The maximum absolute atomic E-state index is 11.8. The van der Waals surface area contributed by atoms with Crippen molar-refractivity contribution in [3.8, 4) is 5.75 Å². The molecule has 0 bridgehead atoms. The minimum atomic E-state index is -0.384. The van der Waals surface area contributed by atoms with E-state index in [1.54, 1.807) is 30.1 Å². The van der Waals surface area contributed by atoms with Gasteiger partial charge in [-0.05, 0) is 12.1 Å². The van der Waals surface area contributed by atoms with Gasteiger partial charge in [0.25, 0.3) is 0 Å². The largest absolute Gasteiger partial charge is 0.415 e. The van der Waals surface area contributed by atoms with Gasteiger partial charge in [-0.3, -0.25) is 4.68 Å². The second-order valence-electron chi connectivity index (χ2n) is 4.06. The molecule has 1 aromatic heterocycles. The van der Waals surface area contributed by atoms with Gasteiger partial charge in [0.2, 0.25) is 0 Å². The number of amides is 1. The van der Waals surface area contributed by atoms with E-state index in [-0.39, 0.29) is 6.09 Å². The van der Waals surface area contributed by atoms with Gasteiger partial charge in [0.15, 0.2) is 0 Å². The highest BCUT2D eigenvalue weighted by atomic mass is 16.6. The quantitative estimate of drug-likeness (QED) is 0.831. The van der Waals surface area contributed by atoms with Gasteiger partial charge >= 0.3 is 6.09 Å². The van der Waals surface area contributed by atoms with Crippen molar-refractivity contribution >= 4 is 6.09 Å². The van der Waals surface area contributed by atoms with Crippen molar-refractivity contribution in [3.05, 3.63) is 48.3 Å². The maximum Gasteiger partial charge on any atom is 0.415 e. The van der Waals surface area contributed by atoms with Crippen molar-refractivity contribution in [3.63, 3.8) is 0 Å². The molecule has 0 aliphatic rings. The van der Waals surface area contributed by atoms with Crippen LogP contribution in [0.4, 0.5) is 4.79 Å². The molecular formula is C13H15N3O2. The highest BCUT2D eigenvalue weighted by Gasteiger charge is 2.12.